The van der Waals surface area contributed by atoms with Crippen LogP contribution >= 0.6 is 11.6 Å². The van der Waals surface area contributed by atoms with Gasteiger partial charge in [0.2, 0.25) is 0 Å². The maximum atomic E-state index is 13.6. The van der Waals surface area contributed by atoms with Crippen LogP contribution in [-0.2, 0) is 14.8 Å². The van der Waals surface area contributed by atoms with Crippen LogP contribution in [0.5, 0.6) is 5.75 Å². The summed E-state index contributed by atoms with van der Waals surface area (Å²) in [5.41, 5.74) is 2.23. The summed E-state index contributed by atoms with van der Waals surface area (Å²) < 4.78 is 48.0. The Bertz CT molecular complexity index is 1330. The molecule has 0 saturated heterocycles. The lowest BCUT2D eigenvalue weighted by molar-refractivity contribution is -0.137. The van der Waals surface area contributed by atoms with E-state index in [1.807, 2.05) is 0 Å². The number of hydrogen-bond donors (Lipinski definition) is 1. The Kier molecular flexibility index (Phi) is 6.32. The minimum Gasteiger partial charge on any atom is -0.486 e. The molecular weight excluding hydrogens is 469 g/mol. The first-order chi connectivity index (χ1) is 15.6. The average Bonchev–Trinajstić information content (AvgIpc) is 2.77. The highest BCUT2D eigenvalue weighted by molar-refractivity contribution is 7.92. The molecule has 3 aromatic carbocycles. The molecule has 0 bridgehead atoms. The lowest BCUT2D eigenvalue weighted by atomic mass is 10.0. The zero-order valence-corrected chi connectivity index (χ0v) is 19.2. The van der Waals surface area contributed by atoms with E-state index in [4.69, 9.17) is 21.4 Å². The van der Waals surface area contributed by atoms with Gasteiger partial charge in [-0.25, -0.2) is 12.8 Å². The lowest BCUT2D eigenvalue weighted by Crippen LogP contribution is -2.43. The Morgan fingerprint density at radius 1 is 1.18 bits per heavy atom. The molecule has 1 aliphatic heterocycles. The number of carboxylic acids is 1. The SMILES string of the molecule is Cc1cccc(S(=O)(=O)N2C[C@H](CCC(=O)O)Oc3ccc(-c4ccc(F)cc4Cl)cc32)c1. The Hall–Kier alpha value is -3.10. The molecule has 1 aliphatic rings. The Morgan fingerprint density at radius 2 is 1.97 bits per heavy atom. The van der Waals surface area contributed by atoms with Gasteiger partial charge in [-0.15, -0.1) is 0 Å². The van der Waals surface area contributed by atoms with Gasteiger partial charge in [0.05, 0.1) is 22.2 Å². The largest absolute Gasteiger partial charge is 0.486 e. The maximum Gasteiger partial charge on any atom is 0.303 e. The zero-order valence-electron chi connectivity index (χ0n) is 17.7. The van der Waals surface area contributed by atoms with Crippen molar-refractivity contribution in [2.24, 2.45) is 0 Å². The number of halogens is 2. The van der Waals surface area contributed by atoms with Crippen molar-refractivity contribution in [3.63, 3.8) is 0 Å². The summed E-state index contributed by atoms with van der Waals surface area (Å²) in [6.07, 6.45) is -0.629. The summed E-state index contributed by atoms with van der Waals surface area (Å²) in [6, 6.07) is 15.5. The number of aryl methyl sites for hydroxylation is 1. The fourth-order valence-corrected chi connectivity index (χ4v) is 5.65. The summed E-state index contributed by atoms with van der Waals surface area (Å²) in [4.78, 5) is 11.2. The van der Waals surface area contributed by atoms with Crippen molar-refractivity contribution >= 4 is 33.3 Å². The molecule has 0 spiro atoms. The van der Waals surface area contributed by atoms with Gasteiger partial charge in [-0.3, -0.25) is 9.10 Å². The first-order valence-electron chi connectivity index (χ1n) is 10.2. The van der Waals surface area contributed by atoms with Gasteiger partial charge in [0.15, 0.2) is 0 Å². The lowest BCUT2D eigenvalue weighted by Gasteiger charge is -2.35. The Morgan fingerprint density at radius 3 is 2.67 bits per heavy atom. The van der Waals surface area contributed by atoms with Crippen LogP contribution in [0.15, 0.2) is 65.6 Å². The molecule has 0 aromatic heterocycles. The van der Waals surface area contributed by atoms with E-state index in [1.165, 1.54) is 28.6 Å². The molecule has 172 valence electrons. The number of benzene rings is 3. The Balaban J connectivity index is 1.81. The number of rotatable bonds is 6. The first-order valence-corrected chi connectivity index (χ1v) is 12.0. The molecular formula is C24H21ClFNO5S. The van der Waals surface area contributed by atoms with Crippen LogP contribution in [-0.4, -0.2) is 32.1 Å². The van der Waals surface area contributed by atoms with Gasteiger partial charge >= 0.3 is 5.97 Å². The second-order valence-electron chi connectivity index (χ2n) is 7.83. The number of hydrogen-bond acceptors (Lipinski definition) is 4. The number of ether oxygens (including phenoxy) is 1. The quantitative estimate of drug-likeness (QED) is 0.509. The number of anilines is 1. The smallest absolute Gasteiger partial charge is 0.303 e. The highest BCUT2D eigenvalue weighted by atomic mass is 35.5. The van der Waals surface area contributed by atoms with Crippen LogP contribution < -0.4 is 9.04 Å². The van der Waals surface area contributed by atoms with Crippen molar-refractivity contribution in [3.8, 4) is 16.9 Å². The second kappa shape index (κ2) is 9.03. The number of fused-ring (bicyclic) bond motifs is 1. The highest BCUT2D eigenvalue weighted by Crippen LogP contribution is 2.41. The summed E-state index contributed by atoms with van der Waals surface area (Å²) in [5.74, 6) is -1.15. The summed E-state index contributed by atoms with van der Waals surface area (Å²) in [6.45, 7) is 1.76. The molecule has 0 unspecified atom stereocenters. The summed E-state index contributed by atoms with van der Waals surface area (Å²) >= 11 is 6.22. The van der Waals surface area contributed by atoms with Crippen LogP contribution in [0.2, 0.25) is 5.02 Å². The van der Waals surface area contributed by atoms with Gasteiger partial charge < -0.3 is 9.84 Å². The molecule has 1 N–H and O–H groups in total. The van der Waals surface area contributed by atoms with Crippen molar-refractivity contribution in [1.29, 1.82) is 0 Å². The molecule has 1 heterocycles. The van der Waals surface area contributed by atoms with Crippen molar-refractivity contribution in [2.45, 2.75) is 30.8 Å². The van der Waals surface area contributed by atoms with Crippen LogP contribution in [0.4, 0.5) is 10.1 Å². The van der Waals surface area contributed by atoms with Gasteiger partial charge in [0.1, 0.15) is 17.7 Å². The molecule has 0 radical (unpaired) electrons. The fourth-order valence-electron chi connectivity index (χ4n) is 3.77. The topological polar surface area (TPSA) is 83.9 Å². The van der Waals surface area contributed by atoms with Crippen molar-refractivity contribution in [3.05, 3.63) is 77.1 Å². The second-order valence-corrected chi connectivity index (χ2v) is 10.1. The van der Waals surface area contributed by atoms with Gasteiger partial charge in [-0.1, -0.05) is 29.8 Å². The van der Waals surface area contributed by atoms with Crippen molar-refractivity contribution in [1.82, 2.24) is 0 Å². The molecule has 4 rings (SSSR count). The van der Waals surface area contributed by atoms with Crippen molar-refractivity contribution < 1.29 is 27.4 Å². The van der Waals surface area contributed by atoms with E-state index in [1.54, 1.807) is 43.3 Å². The maximum absolute atomic E-state index is 13.6. The van der Waals surface area contributed by atoms with E-state index < -0.39 is 27.9 Å². The Labute approximate surface area is 196 Å². The first kappa shape index (κ1) is 23.1. The van der Waals surface area contributed by atoms with E-state index in [9.17, 15) is 17.6 Å². The van der Waals surface area contributed by atoms with Gasteiger partial charge in [-0.2, -0.15) is 0 Å². The minimum absolute atomic E-state index is 0.0445. The molecule has 0 aliphatic carbocycles. The number of sulfonamides is 1. The monoisotopic (exact) mass is 489 g/mol. The molecule has 0 amide bonds. The van der Waals surface area contributed by atoms with E-state index in [0.717, 1.165) is 5.56 Å². The third-order valence-corrected chi connectivity index (χ3v) is 7.48. The zero-order chi connectivity index (χ0) is 23.8. The third kappa shape index (κ3) is 4.82. The van der Waals surface area contributed by atoms with Gasteiger partial charge in [-0.05, 0) is 66.9 Å². The predicted molar refractivity (Wildman–Crippen MR) is 124 cm³/mol. The standard InChI is InChI=1S/C24H21ClFNO5S/c1-15-3-2-4-19(11-15)33(30,31)27-14-18(7-10-24(28)29)32-23-9-5-16(12-22(23)27)20-8-6-17(26)13-21(20)25/h2-6,8-9,11-13,18H,7,10,14H2,1H3,(H,28,29)/t18-/m0/s1. The number of aliphatic carboxylic acids is 1. The molecule has 1 atom stereocenters. The minimum atomic E-state index is -3.97. The molecule has 33 heavy (non-hydrogen) atoms. The van der Waals surface area contributed by atoms with Gasteiger partial charge in [0, 0.05) is 12.0 Å². The average molecular weight is 490 g/mol. The summed E-state index contributed by atoms with van der Waals surface area (Å²) in [7, 11) is -3.97. The number of nitrogens with zero attached hydrogens (tertiary/aromatic N) is 1. The van der Waals surface area contributed by atoms with Crippen molar-refractivity contribution in [2.75, 3.05) is 10.8 Å². The fraction of sp³-hybridized carbons (Fsp3) is 0.208. The predicted octanol–water partition coefficient (Wildman–Crippen LogP) is 5.28. The molecule has 3 aromatic rings. The highest BCUT2D eigenvalue weighted by Gasteiger charge is 2.35. The number of carboxylic acid groups (broad SMARTS) is 1. The van der Waals surface area contributed by atoms with Crippen LogP contribution in [0, 0.1) is 12.7 Å². The van der Waals surface area contributed by atoms with Gasteiger partial charge in [0.25, 0.3) is 10.0 Å². The van der Waals surface area contributed by atoms with Crippen LogP contribution in [0.25, 0.3) is 11.1 Å². The summed E-state index contributed by atoms with van der Waals surface area (Å²) in [5, 5.41) is 9.25. The molecule has 0 saturated carbocycles. The normalized spacial score (nSPS) is 15.6. The van der Waals surface area contributed by atoms with Crippen LogP contribution in [0.3, 0.4) is 0 Å². The molecule has 9 heteroatoms. The number of carbonyl (C=O) groups is 1. The van der Waals surface area contributed by atoms with E-state index >= 15 is 0 Å². The van der Waals surface area contributed by atoms with Crippen LogP contribution in [0.1, 0.15) is 18.4 Å². The van der Waals surface area contributed by atoms with E-state index in [2.05, 4.69) is 0 Å². The van der Waals surface area contributed by atoms with E-state index in [0.29, 0.717) is 22.6 Å². The van der Waals surface area contributed by atoms with E-state index in [-0.39, 0.29) is 29.3 Å². The molecule has 6 nitrogen and oxygen atoms in total. The third-order valence-electron chi connectivity index (χ3n) is 5.39. The molecule has 0 fully saturated rings.